The van der Waals surface area contributed by atoms with Crippen LogP contribution < -0.4 is 10.6 Å². The maximum absolute atomic E-state index is 12.0. The van der Waals surface area contributed by atoms with Gasteiger partial charge in [-0.3, -0.25) is 4.79 Å². The first-order valence-electron chi connectivity index (χ1n) is 6.08. The number of hydrogen-bond donors (Lipinski definition) is 3. The second kappa shape index (κ2) is 5.95. The minimum atomic E-state index is -0.619. The number of ether oxygens (including phenoxy) is 1. The van der Waals surface area contributed by atoms with Crippen LogP contribution in [0.4, 0.5) is 5.69 Å². The Labute approximate surface area is 106 Å². The number of aliphatic hydroxyl groups is 1. The smallest absolute Gasteiger partial charge is 0.254 e. The standard InChI is InChI=1S/C13H18N2O3/c1-9(16)10-4-2-3-5-11(10)15-13(17)12-8-14-6-7-18-12/h2-5,9,12,14,16H,6-8H2,1H3,(H,15,17). The molecule has 1 aliphatic heterocycles. The summed E-state index contributed by atoms with van der Waals surface area (Å²) >= 11 is 0. The Hall–Kier alpha value is -1.43. The summed E-state index contributed by atoms with van der Waals surface area (Å²) in [6.45, 7) is 3.50. The predicted molar refractivity (Wildman–Crippen MR) is 68.3 cm³/mol. The molecule has 0 bridgehead atoms. The van der Waals surface area contributed by atoms with Crippen LogP contribution >= 0.6 is 0 Å². The molecule has 1 amide bonds. The highest BCUT2D eigenvalue weighted by Gasteiger charge is 2.22. The molecule has 0 radical (unpaired) electrons. The highest BCUT2D eigenvalue weighted by atomic mass is 16.5. The van der Waals surface area contributed by atoms with Gasteiger partial charge in [-0.15, -0.1) is 0 Å². The maximum atomic E-state index is 12.0. The molecule has 18 heavy (non-hydrogen) atoms. The quantitative estimate of drug-likeness (QED) is 0.737. The molecular weight excluding hydrogens is 232 g/mol. The molecule has 3 N–H and O–H groups in total. The van der Waals surface area contributed by atoms with Crippen molar-refractivity contribution in [3.05, 3.63) is 29.8 Å². The van der Waals surface area contributed by atoms with Crippen LogP contribution in [0.5, 0.6) is 0 Å². The molecule has 2 unspecified atom stereocenters. The molecule has 2 rings (SSSR count). The van der Waals surface area contributed by atoms with Crippen LogP contribution in [0.15, 0.2) is 24.3 Å². The van der Waals surface area contributed by atoms with Crippen molar-refractivity contribution in [2.24, 2.45) is 0 Å². The molecule has 1 heterocycles. The molecule has 0 aliphatic carbocycles. The molecule has 1 aromatic carbocycles. The largest absolute Gasteiger partial charge is 0.389 e. The molecule has 98 valence electrons. The summed E-state index contributed by atoms with van der Waals surface area (Å²) in [5, 5.41) is 15.5. The Kier molecular flexibility index (Phi) is 4.30. The number of rotatable bonds is 3. The minimum Gasteiger partial charge on any atom is -0.389 e. The monoisotopic (exact) mass is 250 g/mol. The maximum Gasteiger partial charge on any atom is 0.254 e. The molecule has 1 saturated heterocycles. The number of nitrogens with one attached hydrogen (secondary N) is 2. The van der Waals surface area contributed by atoms with Crippen molar-refractivity contribution in [1.29, 1.82) is 0 Å². The van der Waals surface area contributed by atoms with Crippen molar-refractivity contribution in [1.82, 2.24) is 5.32 Å². The molecule has 1 aromatic rings. The van der Waals surface area contributed by atoms with Gasteiger partial charge in [0.15, 0.2) is 0 Å². The zero-order valence-corrected chi connectivity index (χ0v) is 10.3. The molecular formula is C13H18N2O3. The summed E-state index contributed by atoms with van der Waals surface area (Å²) in [5.74, 6) is -0.185. The van der Waals surface area contributed by atoms with Gasteiger partial charge in [0, 0.05) is 24.3 Å². The third-order valence-corrected chi connectivity index (χ3v) is 2.89. The van der Waals surface area contributed by atoms with E-state index in [0.29, 0.717) is 24.4 Å². The lowest BCUT2D eigenvalue weighted by Crippen LogP contribution is -2.45. The molecule has 1 fully saturated rings. The third-order valence-electron chi connectivity index (χ3n) is 2.89. The number of hydrogen-bond acceptors (Lipinski definition) is 4. The highest BCUT2D eigenvalue weighted by Crippen LogP contribution is 2.22. The summed E-state index contributed by atoms with van der Waals surface area (Å²) in [7, 11) is 0. The number of amides is 1. The van der Waals surface area contributed by atoms with Crippen molar-refractivity contribution >= 4 is 11.6 Å². The van der Waals surface area contributed by atoms with Crippen molar-refractivity contribution in [3.8, 4) is 0 Å². The van der Waals surface area contributed by atoms with Gasteiger partial charge in [-0.25, -0.2) is 0 Å². The number of anilines is 1. The molecule has 5 heteroatoms. The van der Waals surface area contributed by atoms with Gasteiger partial charge in [0.1, 0.15) is 6.10 Å². The molecule has 5 nitrogen and oxygen atoms in total. The Morgan fingerprint density at radius 1 is 1.56 bits per heavy atom. The Bertz CT molecular complexity index is 414. The van der Waals surface area contributed by atoms with E-state index in [1.807, 2.05) is 12.1 Å². The summed E-state index contributed by atoms with van der Waals surface area (Å²) in [6, 6.07) is 7.22. The van der Waals surface area contributed by atoms with E-state index < -0.39 is 12.2 Å². The first-order valence-corrected chi connectivity index (χ1v) is 6.08. The second-order valence-corrected chi connectivity index (χ2v) is 4.32. The van der Waals surface area contributed by atoms with Gasteiger partial charge < -0.3 is 20.5 Å². The number of para-hydroxylation sites is 1. The van der Waals surface area contributed by atoms with Crippen molar-refractivity contribution in [3.63, 3.8) is 0 Å². The third kappa shape index (κ3) is 3.07. The molecule has 2 atom stereocenters. The SMILES string of the molecule is CC(O)c1ccccc1NC(=O)C1CNCCO1. The fourth-order valence-corrected chi connectivity index (χ4v) is 1.92. The first-order chi connectivity index (χ1) is 8.68. The molecule has 0 saturated carbocycles. The van der Waals surface area contributed by atoms with Crippen LogP contribution in [0, 0.1) is 0 Å². The average molecular weight is 250 g/mol. The topological polar surface area (TPSA) is 70.6 Å². The van der Waals surface area contributed by atoms with Gasteiger partial charge in [-0.2, -0.15) is 0 Å². The van der Waals surface area contributed by atoms with Crippen LogP contribution in [0.1, 0.15) is 18.6 Å². The molecule has 0 aromatic heterocycles. The summed E-state index contributed by atoms with van der Waals surface area (Å²) < 4.78 is 5.38. The van der Waals surface area contributed by atoms with Crippen LogP contribution in [0.25, 0.3) is 0 Å². The lowest BCUT2D eigenvalue weighted by Gasteiger charge is -2.23. The molecule has 0 spiro atoms. The van der Waals surface area contributed by atoms with Gasteiger partial charge in [0.05, 0.1) is 12.7 Å². The van der Waals surface area contributed by atoms with Crippen LogP contribution in [0.2, 0.25) is 0 Å². The molecule has 1 aliphatic rings. The summed E-state index contributed by atoms with van der Waals surface area (Å²) in [6.07, 6.45) is -1.09. The number of morpholine rings is 1. The van der Waals surface area contributed by atoms with E-state index in [9.17, 15) is 9.90 Å². The van der Waals surface area contributed by atoms with Gasteiger partial charge in [0.2, 0.25) is 0 Å². The Balaban J connectivity index is 2.06. The van der Waals surface area contributed by atoms with Gasteiger partial charge >= 0.3 is 0 Å². The van der Waals surface area contributed by atoms with Gasteiger partial charge in [0.25, 0.3) is 5.91 Å². The normalized spacial score (nSPS) is 21.3. The number of aliphatic hydroxyl groups excluding tert-OH is 1. The number of carbonyl (C=O) groups is 1. The van der Waals surface area contributed by atoms with E-state index in [1.54, 1.807) is 19.1 Å². The van der Waals surface area contributed by atoms with E-state index in [1.165, 1.54) is 0 Å². The lowest BCUT2D eigenvalue weighted by atomic mass is 10.1. The van der Waals surface area contributed by atoms with Crippen LogP contribution in [-0.4, -0.2) is 36.8 Å². The van der Waals surface area contributed by atoms with Crippen LogP contribution in [-0.2, 0) is 9.53 Å². The zero-order chi connectivity index (χ0) is 13.0. The highest BCUT2D eigenvalue weighted by molar-refractivity contribution is 5.95. The van der Waals surface area contributed by atoms with E-state index in [2.05, 4.69) is 10.6 Å². The predicted octanol–water partition coefficient (Wildman–Crippen LogP) is 0.667. The number of benzene rings is 1. The zero-order valence-electron chi connectivity index (χ0n) is 10.3. The second-order valence-electron chi connectivity index (χ2n) is 4.32. The first kappa shape index (κ1) is 13.0. The van der Waals surface area contributed by atoms with Crippen LogP contribution in [0.3, 0.4) is 0 Å². The van der Waals surface area contributed by atoms with E-state index >= 15 is 0 Å². The number of carbonyl (C=O) groups excluding carboxylic acids is 1. The summed E-state index contributed by atoms with van der Waals surface area (Å²) in [5.41, 5.74) is 1.33. The van der Waals surface area contributed by atoms with Crippen molar-refractivity contribution in [2.45, 2.75) is 19.1 Å². The van der Waals surface area contributed by atoms with Crippen molar-refractivity contribution < 1.29 is 14.6 Å². The summed E-state index contributed by atoms with van der Waals surface area (Å²) in [4.78, 5) is 12.0. The fourth-order valence-electron chi connectivity index (χ4n) is 1.92. The van der Waals surface area contributed by atoms with E-state index in [4.69, 9.17) is 4.74 Å². The van der Waals surface area contributed by atoms with Crippen molar-refractivity contribution in [2.75, 3.05) is 25.0 Å². The fraction of sp³-hybridized carbons (Fsp3) is 0.462. The Morgan fingerprint density at radius 3 is 3.00 bits per heavy atom. The minimum absolute atomic E-state index is 0.185. The van der Waals surface area contributed by atoms with Gasteiger partial charge in [-0.1, -0.05) is 18.2 Å². The lowest BCUT2D eigenvalue weighted by molar-refractivity contribution is -0.128. The van der Waals surface area contributed by atoms with E-state index in [0.717, 1.165) is 6.54 Å². The average Bonchev–Trinajstić information content (AvgIpc) is 2.40. The van der Waals surface area contributed by atoms with E-state index in [-0.39, 0.29) is 5.91 Å². The van der Waals surface area contributed by atoms with Gasteiger partial charge in [-0.05, 0) is 13.0 Å². The Morgan fingerprint density at radius 2 is 2.33 bits per heavy atom.